The van der Waals surface area contributed by atoms with Crippen LogP contribution in [0.25, 0.3) is 6.08 Å². The van der Waals surface area contributed by atoms with E-state index in [1.54, 1.807) is 24.5 Å². The monoisotopic (exact) mass is 238 g/mol. The molecule has 0 spiro atoms. The molecule has 1 aliphatic heterocycles. The Morgan fingerprint density at radius 2 is 1.94 bits per heavy atom. The van der Waals surface area contributed by atoms with Gasteiger partial charge in [0.25, 0.3) is 5.91 Å². The maximum atomic E-state index is 11.7. The van der Waals surface area contributed by atoms with E-state index in [-0.39, 0.29) is 5.91 Å². The highest BCUT2D eigenvalue weighted by molar-refractivity contribution is 6.18. The number of nitrogens with one attached hydrogen (secondary N) is 1. The average molecular weight is 238 g/mol. The van der Waals surface area contributed by atoms with Crippen molar-refractivity contribution in [2.75, 3.05) is 0 Å². The Morgan fingerprint density at radius 3 is 2.67 bits per heavy atom. The fraction of sp³-hybridized carbons (Fsp3) is 0. The van der Waals surface area contributed by atoms with Gasteiger partial charge >= 0.3 is 0 Å². The number of amides is 1. The Labute approximate surface area is 104 Å². The van der Waals surface area contributed by atoms with Gasteiger partial charge in [-0.25, -0.2) is 4.99 Å². The van der Waals surface area contributed by atoms with Crippen LogP contribution in [0.1, 0.15) is 11.3 Å². The summed E-state index contributed by atoms with van der Waals surface area (Å²) in [5, 5.41) is 2.68. The lowest BCUT2D eigenvalue weighted by Gasteiger charge is -1.93. The van der Waals surface area contributed by atoms with Crippen LogP contribution in [0, 0.1) is 0 Å². The van der Waals surface area contributed by atoms with Crippen molar-refractivity contribution in [1.29, 1.82) is 0 Å². The van der Waals surface area contributed by atoms with Gasteiger partial charge in [0.1, 0.15) is 5.70 Å². The lowest BCUT2D eigenvalue weighted by molar-refractivity contribution is -0.115. The van der Waals surface area contributed by atoms with E-state index < -0.39 is 0 Å². The number of amidine groups is 1. The molecule has 2 aromatic rings. The van der Waals surface area contributed by atoms with Gasteiger partial charge in [0.2, 0.25) is 0 Å². The van der Waals surface area contributed by atoms with E-state index in [1.807, 2.05) is 30.3 Å². The number of carbonyl (C=O) groups excluding carboxylic acids is 1. The van der Waals surface area contributed by atoms with Crippen LogP contribution in [0.15, 0.2) is 63.8 Å². The lowest BCUT2D eigenvalue weighted by atomic mass is 10.2. The summed E-state index contributed by atoms with van der Waals surface area (Å²) in [4.78, 5) is 16.0. The molecule has 0 saturated heterocycles. The van der Waals surface area contributed by atoms with Gasteiger partial charge in [0.05, 0.1) is 6.26 Å². The molecule has 88 valence electrons. The third-order valence-corrected chi connectivity index (χ3v) is 2.55. The van der Waals surface area contributed by atoms with Crippen LogP contribution in [0.5, 0.6) is 0 Å². The van der Waals surface area contributed by atoms with Crippen molar-refractivity contribution in [3.63, 3.8) is 0 Å². The van der Waals surface area contributed by atoms with Crippen molar-refractivity contribution in [1.82, 2.24) is 5.32 Å². The Hall–Kier alpha value is -2.62. The highest BCUT2D eigenvalue weighted by atomic mass is 16.3. The Bertz CT molecular complexity index is 625. The van der Waals surface area contributed by atoms with Gasteiger partial charge in [-0.2, -0.15) is 0 Å². The molecular formula is C14H10N2O2. The molecule has 0 radical (unpaired) electrons. The molecule has 1 aliphatic rings. The van der Waals surface area contributed by atoms with Crippen molar-refractivity contribution in [2.45, 2.75) is 0 Å². The number of rotatable bonds is 2. The van der Waals surface area contributed by atoms with Gasteiger partial charge in [0, 0.05) is 0 Å². The second-order valence-electron chi connectivity index (χ2n) is 3.83. The van der Waals surface area contributed by atoms with Crippen LogP contribution in [-0.2, 0) is 4.79 Å². The molecule has 4 nitrogen and oxygen atoms in total. The minimum Gasteiger partial charge on any atom is -0.461 e. The topological polar surface area (TPSA) is 54.6 Å². The Balaban J connectivity index is 1.94. The van der Waals surface area contributed by atoms with Crippen LogP contribution in [-0.4, -0.2) is 11.7 Å². The Morgan fingerprint density at radius 1 is 1.11 bits per heavy atom. The van der Waals surface area contributed by atoms with E-state index in [1.165, 1.54) is 0 Å². The van der Waals surface area contributed by atoms with Crippen LogP contribution in [0.2, 0.25) is 0 Å². The molecule has 0 unspecified atom stereocenters. The summed E-state index contributed by atoms with van der Waals surface area (Å²) >= 11 is 0. The van der Waals surface area contributed by atoms with Gasteiger partial charge in [-0.05, 0) is 23.8 Å². The summed E-state index contributed by atoms with van der Waals surface area (Å²) in [7, 11) is 0. The molecule has 0 fully saturated rings. The number of nitrogens with zero attached hydrogens (tertiary/aromatic N) is 1. The molecule has 1 N–H and O–H groups in total. The lowest BCUT2D eigenvalue weighted by Crippen LogP contribution is -2.24. The van der Waals surface area contributed by atoms with Gasteiger partial charge < -0.3 is 9.73 Å². The maximum Gasteiger partial charge on any atom is 0.275 e. The summed E-state index contributed by atoms with van der Waals surface area (Å²) in [6.45, 7) is 0. The molecule has 0 bridgehead atoms. The maximum absolute atomic E-state index is 11.7. The number of aliphatic imine (C=N–C) groups is 1. The zero-order valence-corrected chi connectivity index (χ0v) is 9.46. The fourth-order valence-electron chi connectivity index (χ4n) is 1.71. The predicted octanol–water partition coefficient (Wildman–Crippen LogP) is 2.20. The van der Waals surface area contributed by atoms with Crippen molar-refractivity contribution in [3.8, 4) is 0 Å². The minimum absolute atomic E-state index is 0.217. The quantitative estimate of drug-likeness (QED) is 0.815. The first-order chi connectivity index (χ1) is 8.83. The van der Waals surface area contributed by atoms with E-state index in [0.29, 0.717) is 17.3 Å². The average Bonchev–Trinajstić information content (AvgIpc) is 3.01. The zero-order chi connectivity index (χ0) is 12.4. The number of benzene rings is 1. The second-order valence-corrected chi connectivity index (χ2v) is 3.83. The summed E-state index contributed by atoms with van der Waals surface area (Å²) < 4.78 is 5.19. The van der Waals surface area contributed by atoms with E-state index in [0.717, 1.165) is 5.56 Å². The summed E-state index contributed by atoms with van der Waals surface area (Å²) in [5.74, 6) is 0.789. The van der Waals surface area contributed by atoms with Crippen molar-refractivity contribution >= 4 is 17.8 Å². The molecular weight excluding hydrogens is 228 g/mol. The van der Waals surface area contributed by atoms with Gasteiger partial charge in [-0.1, -0.05) is 30.3 Å². The molecule has 1 aromatic heterocycles. The molecule has 0 aliphatic carbocycles. The molecule has 1 aromatic carbocycles. The van der Waals surface area contributed by atoms with Crippen LogP contribution >= 0.6 is 0 Å². The first-order valence-electron chi connectivity index (χ1n) is 5.53. The smallest absolute Gasteiger partial charge is 0.275 e. The van der Waals surface area contributed by atoms with Crippen LogP contribution in [0.4, 0.5) is 0 Å². The standard InChI is InChI=1S/C14H10N2O2/c17-14-11(9-10-5-2-1-3-6-10)15-13(16-14)12-7-4-8-18-12/h1-9H,(H,15,16,17)/b11-9+. The first kappa shape index (κ1) is 10.5. The number of hydrogen-bond acceptors (Lipinski definition) is 3. The van der Waals surface area contributed by atoms with Crippen LogP contribution < -0.4 is 5.32 Å². The molecule has 3 rings (SSSR count). The molecule has 0 atom stereocenters. The molecule has 4 heteroatoms. The second kappa shape index (κ2) is 4.33. The third kappa shape index (κ3) is 1.96. The molecule has 18 heavy (non-hydrogen) atoms. The normalized spacial score (nSPS) is 16.8. The van der Waals surface area contributed by atoms with Gasteiger partial charge in [-0.3, -0.25) is 4.79 Å². The number of furan rings is 1. The molecule has 1 amide bonds. The number of carbonyl (C=O) groups is 1. The molecule has 0 saturated carbocycles. The zero-order valence-electron chi connectivity index (χ0n) is 9.46. The summed E-state index contributed by atoms with van der Waals surface area (Å²) in [6, 6.07) is 13.1. The highest BCUT2D eigenvalue weighted by Gasteiger charge is 2.22. The van der Waals surface area contributed by atoms with Crippen molar-refractivity contribution in [2.24, 2.45) is 4.99 Å². The fourth-order valence-corrected chi connectivity index (χ4v) is 1.71. The van der Waals surface area contributed by atoms with Gasteiger partial charge in [-0.15, -0.1) is 0 Å². The highest BCUT2D eigenvalue weighted by Crippen LogP contribution is 2.14. The summed E-state index contributed by atoms with van der Waals surface area (Å²) in [6.07, 6.45) is 3.29. The number of hydrogen-bond donors (Lipinski definition) is 1. The predicted molar refractivity (Wildman–Crippen MR) is 67.8 cm³/mol. The van der Waals surface area contributed by atoms with E-state index in [2.05, 4.69) is 10.3 Å². The van der Waals surface area contributed by atoms with Crippen molar-refractivity contribution < 1.29 is 9.21 Å². The van der Waals surface area contributed by atoms with Crippen molar-refractivity contribution in [3.05, 3.63) is 65.7 Å². The van der Waals surface area contributed by atoms with Gasteiger partial charge in [0.15, 0.2) is 11.6 Å². The molecule has 2 heterocycles. The SMILES string of the molecule is O=C1NC(c2ccco2)=N/C1=C/c1ccccc1. The Kier molecular flexibility index (Phi) is 2.53. The third-order valence-electron chi connectivity index (χ3n) is 2.55. The summed E-state index contributed by atoms with van der Waals surface area (Å²) in [5.41, 5.74) is 1.32. The van der Waals surface area contributed by atoms with E-state index in [9.17, 15) is 4.79 Å². The van der Waals surface area contributed by atoms with E-state index >= 15 is 0 Å². The largest absolute Gasteiger partial charge is 0.461 e. The first-order valence-corrected chi connectivity index (χ1v) is 5.53. The van der Waals surface area contributed by atoms with E-state index in [4.69, 9.17) is 4.42 Å². The van der Waals surface area contributed by atoms with Crippen LogP contribution in [0.3, 0.4) is 0 Å². The minimum atomic E-state index is -0.217.